The summed E-state index contributed by atoms with van der Waals surface area (Å²) < 4.78 is 1.94. The molecule has 0 unspecified atom stereocenters. The van der Waals surface area contributed by atoms with Gasteiger partial charge in [0, 0.05) is 16.4 Å². The fourth-order valence-corrected chi connectivity index (χ4v) is 4.45. The molecule has 0 atom stereocenters. The first-order valence-electron chi connectivity index (χ1n) is 9.80. The molecule has 162 valence electrons. The van der Waals surface area contributed by atoms with E-state index in [0.29, 0.717) is 15.7 Å². The van der Waals surface area contributed by atoms with Crippen molar-refractivity contribution in [1.29, 1.82) is 0 Å². The van der Waals surface area contributed by atoms with Crippen LogP contribution in [0, 0.1) is 20.8 Å². The van der Waals surface area contributed by atoms with E-state index >= 15 is 0 Å². The molecule has 4 rings (SSSR count). The van der Waals surface area contributed by atoms with Gasteiger partial charge in [-0.1, -0.05) is 41.4 Å². The maximum absolute atomic E-state index is 13.3. The molecule has 0 spiro atoms. The molecule has 32 heavy (non-hydrogen) atoms. The number of rotatable bonds is 3. The second-order valence-corrected chi connectivity index (χ2v) is 8.73. The minimum Gasteiger partial charge on any atom is -0.316 e. The average Bonchev–Trinajstić information content (AvgIpc) is 3.01. The van der Waals surface area contributed by atoms with Crippen LogP contribution in [0.1, 0.15) is 22.5 Å². The zero-order valence-electron chi connectivity index (χ0n) is 17.6. The highest BCUT2D eigenvalue weighted by molar-refractivity contribution is 7.80. The van der Waals surface area contributed by atoms with Gasteiger partial charge in [0.2, 0.25) is 0 Å². The monoisotopic (exact) mass is 483 g/mol. The third kappa shape index (κ3) is 3.86. The summed E-state index contributed by atoms with van der Waals surface area (Å²) in [5.74, 6) is -1.01. The minimum absolute atomic E-state index is 0.000654. The fourth-order valence-electron chi connectivity index (χ4n) is 3.81. The Morgan fingerprint density at radius 3 is 2.41 bits per heavy atom. The van der Waals surface area contributed by atoms with Crippen molar-refractivity contribution in [2.24, 2.45) is 0 Å². The predicted molar refractivity (Wildman–Crippen MR) is 133 cm³/mol. The van der Waals surface area contributed by atoms with Crippen LogP contribution >= 0.6 is 35.4 Å². The smallest absolute Gasteiger partial charge is 0.270 e. The molecule has 2 heterocycles. The van der Waals surface area contributed by atoms with Crippen molar-refractivity contribution in [3.05, 3.63) is 86.7 Å². The van der Waals surface area contributed by atoms with E-state index < -0.39 is 11.8 Å². The molecule has 3 aromatic rings. The first-order chi connectivity index (χ1) is 15.2. The maximum atomic E-state index is 13.3. The number of aryl methyl sites for hydroxylation is 2. The number of anilines is 1. The molecule has 1 fully saturated rings. The number of hydrogen-bond donors (Lipinski definition) is 1. The second-order valence-electron chi connectivity index (χ2n) is 7.50. The SMILES string of the molecule is Cc1ccccc1N1C(=O)/C(=C/c2cc(C)n(-c3cc(Cl)ccc3Cl)c2C)C(=O)NC1=S. The molecule has 5 nitrogen and oxygen atoms in total. The summed E-state index contributed by atoms with van der Waals surface area (Å²) >= 11 is 17.9. The van der Waals surface area contributed by atoms with E-state index in [1.165, 1.54) is 4.90 Å². The molecule has 0 aliphatic carbocycles. The third-order valence-corrected chi connectivity index (χ3v) is 6.22. The maximum Gasteiger partial charge on any atom is 0.270 e. The van der Waals surface area contributed by atoms with E-state index in [0.717, 1.165) is 28.2 Å². The lowest BCUT2D eigenvalue weighted by Gasteiger charge is -2.30. The van der Waals surface area contributed by atoms with Crippen LogP contribution in [-0.4, -0.2) is 21.5 Å². The van der Waals surface area contributed by atoms with Crippen LogP contribution in [-0.2, 0) is 9.59 Å². The number of benzene rings is 2. The summed E-state index contributed by atoms with van der Waals surface area (Å²) in [5.41, 5.74) is 4.63. The lowest BCUT2D eigenvalue weighted by atomic mass is 10.1. The number of nitrogens with one attached hydrogen (secondary N) is 1. The highest BCUT2D eigenvalue weighted by Crippen LogP contribution is 2.31. The Morgan fingerprint density at radius 2 is 1.69 bits per heavy atom. The summed E-state index contributed by atoms with van der Waals surface area (Å²) in [7, 11) is 0. The number of amides is 2. The molecule has 1 aliphatic heterocycles. The number of carbonyl (C=O) groups is 2. The molecule has 2 aromatic carbocycles. The molecule has 1 aliphatic rings. The summed E-state index contributed by atoms with van der Waals surface area (Å²) in [6.07, 6.45) is 1.59. The van der Waals surface area contributed by atoms with Crippen molar-refractivity contribution >= 4 is 64.1 Å². The topological polar surface area (TPSA) is 54.3 Å². The van der Waals surface area contributed by atoms with Crippen molar-refractivity contribution in [3.63, 3.8) is 0 Å². The molecule has 2 amide bonds. The molecular formula is C24H19Cl2N3O2S. The number of hydrogen-bond acceptors (Lipinski definition) is 3. The van der Waals surface area contributed by atoms with Crippen molar-refractivity contribution in [1.82, 2.24) is 9.88 Å². The van der Waals surface area contributed by atoms with Crippen LogP contribution in [0.25, 0.3) is 11.8 Å². The quantitative estimate of drug-likeness (QED) is 0.302. The van der Waals surface area contributed by atoms with Gasteiger partial charge in [0.1, 0.15) is 5.57 Å². The Morgan fingerprint density at radius 1 is 0.969 bits per heavy atom. The number of carbonyl (C=O) groups excluding carboxylic acids is 2. The summed E-state index contributed by atoms with van der Waals surface area (Å²) in [4.78, 5) is 27.4. The third-order valence-electron chi connectivity index (χ3n) is 5.38. The van der Waals surface area contributed by atoms with Gasteiger partial charge in [0.05, 0.1) is 16.4 Å². The number of para-hydroxylation sites is 1. The average molecular weight is 484 g/mol. The summed E-state index contributed by atoms with van der Waals surface area (Å²) in [5, 5.41) is 3.78. The first-order valence-corrected chi connectivity index (χ1v) is 11.0. The standard InChI is InChI=1S/C24H19Cl2N3O2S/c1-13-6-4-5-7-20(13)29-23(31)18(22(30)27-24(29)32)11-16-10-14(2)28(15(16)3)21-12-17(25)8-9-19(21)26/h4-12H,1-3H3,(H,27,30,32)/b18-11+. The van der Waals surface area contributed by atoms with Gasteiger partial charge in [-0.25, -0.2) is 0 Å². The van der Waals surface area contributed by atoms with E-state index in [4.69, 9.17) is 35.4 Å². The highest BCUT2D eigenvalue weighted by atomic mass is 35.5. The molecule has 8 heteroatoms. The molecular weight excluding hydrogens is 465 g/mol. The largest absolute Gasteiger partial charge is 0.316 e. The first kappa shape index (κ1) is 22.3. The van der Waals surface area contributed by atoms with Crippen LogP contribution < -0.4 is 10.2 Å². The summed E-state index contributed by atoms with van der Waals surface area (Å²) in [6.45, 7) is 5.70. The van der Waals surface area contributed by atoms with Crippen molar-refractivity contribution in [3.8, 4) is 5.69 Å². The Labute approximate surface area is 201 Å². The second kappa shape index (κ2) is 8.54. The van der Waals surface area contributed by atoms with Crippen molar-refractivity contribution in [2.45, 2.75) is 20.8 Å². The van der Waals surface area contributed by atoms with Gasteiger partial charge in [-0.15, -0.1) is 0 Å². The predicted octanol–water partition coefficient (Wildman–Crippen LogP) is 5.54. The van der Waals surface area contributed by atoms with Crippen LogP contribution in [0.2, 0.25) is 10.0 Å². The van der Waals surface area contributed by atoms with Crippen LogP contribution in [0.4, 0.5) is 5.69 Å². The zero-order valence-corrected chi connectivity index (χ0v) is 19.9. The van der Waals surface area contributed by atoms with Crippen molar-refractivity contribution < 1.29 is 9.59 Å². The Hall–Kier alpha value is -2.93. The molecule has 0 saturated carbocycles. The van der Waals surface area contributed by atoms with Gasteiger partial charge < -0.3 is 4.57 Å². The normalized spacial score (nSPS) is 15.5. The van der Waals surface area contributed by atoms with E-state index in [-0.39, 0.29) is 10.7 Å². The van der Waals surface area contributed by atoms with E-state index in [1.54, 1.807) is 30.3 Å². The molecule has 0 radical (unpaired) electrons. The van der Waals surface area contributed by atoms with Crippen LogP contribution in [0.3, 0.4) is 0 Å². The van der Waals surface area contributed by atoms with Crippen LogP contribution in [0.15, 0.2) is 54.1 Å². The highest BCUT2D eigenvalue weighted by Gasteiger charge is 2.35. The fraction of sp³-hybridized carbons (Fsp3) is 0.125. The molecule has 1 aromatic heterocycles. The zero-order chi connectivity index (χ0) is 23.2. The van der Waals surface area contributed by atoms with Crippen molar-refractivity contribution in [2.75, 3.05) is 4.90 Å². The number of thiocarbonyl (C=S) groups is 1. The number of halogens is 2. The van der Waals surface area contributed by atoms with Gasteiger partial charge in [-0.3, -0.25) is 19.8 Å². The van der Waals surface area contributed by atoms with Gasteiger partial charge >= 0.3 is 0 Å². The minimum atomic E-state index is -0.532. The van der Waals surface area contributed by atoms with Gasteiger partial charge in [0.15, 0.2) is 5.11 Å². The van der Waals surface area contributed by atoms with Gasteiger partial charge in [-0.05, 0) is 80.5 Å². The molecule has 0 bridgehead atoms. The number of aromatic nitrogens is 1. The van der Waals surface area contributed by atoms with Crippen LogP contribution in [0.5, 0.6) is 0 Å². The van der Waals surface area contributed by atoms with Gasteiger partial charge in [0.25, 0.3) is 11.8 Å². The lowest BCUT2D eigenvalue weighted by molar-refractivity contribution is -0.122. The van der Waals surface area contributed by atoms with E-state index in [2.05, 4.69) is 5.32 Å². The van der Waals surface area contributed by atoms with E-state index in [9.17, 15) is 9.59 Å². The van der Waals surface area contributed by atoms with Gasteiger partial charge in [-0.2, -0.15) is 0 Å². The Bertz CT molecular complexity index is 1330. The molecule has 1 saturated heterocycles. The Kier molecular flexibility index (Phi) is 5.95. The summed E-state index contributed by atoms with van der Waals surface area (Å²) in [6, 6.07) is 14.5. The Balaban J connectivity index is 1.81. The van der Waals surface area contributed by atoms with E-state index in [1.807, 2.05) is 49.6 Å². The number of nitrogens with zero attached hydrogens (tertiary/aromatic N) is 2. The molecule has 1 N–H and O–H groups in total. The lowest BCUT2D eigenvalue weighted by Crippen LogP contribution is -2.54.